The zero-order chi connectivity index (χ0) is 6.57. The lowest BCUT2D eigenvalue weighted by atomic mass is 11.2. The number of nitrogens with one attached hydrogen (secondary N) is 1. The average molecular weight is 132 g/mol. The van der Waals surface area contributed by atoms with Gasteiger partial charge in [0.05, 0.1) is 0 Å². The average Bonchev–Trinajstić information content (AvgIpc) is 1.65. The zero-order valence-corrected chi connectivity index (χ0v) is 5.33. The lowest BCUT2D eigenvalue weighted by Crippen LogP contribution is -2.14. The predicted molar refractivity (Wildman–Crippen MR) is 37.1 cm³/mol. The molecule has 0 spiro atoms. The molecule has 0 radical (unpaired) electrons. The van der Waals surface area contributed by atoms with Crippen molar-refractivity contribution in [3.05, 3.63) is 0 Å². The number of thioether (sulfide) groups is 1. The second kappa shape index (κ2) is 3.31. The van der Waals surface area contributed by atoms with Crippen molar-refractivity contribution in [1.29, 1.82) is 5.41 Å². The van der Waals surface area contributed by atoms with Crippen LogP contribution in [0.25, 0.3) is 0 Å². The van der Waals surface area contributed by atoms with Gasteiger partial charge in [-0.1, -0.05) is 0 Å². The van der Waals surface area contributed by atoms with E-state index in [0.717, 1.165) is 11.8 Å². The molecule has 0 unspecified atom stereocenters. The molecule has 0 aromatic heterocycles. The summed E-state index contributed by atoms with van der Waals surface area (Å²) in [5.74, 6) is 0. The van der Waals surface area contributed by atoms with Crippen LogP contribution in [0, 0.1) is 5.41 Å². The van der Waals surface area contributed by atoms with Gasteiger partial charge in [-0.25, -0.2) is 0 Å². The minimum absolute atomic E-state index is 0.0342. The van der Waals surface area contributed by atoms with Crippen LogP contribution in [0.2, 0.25) is 0 Å². The van der Waals surface area contributed by atoms with E-state index in [1.165, 1.54) is 0 Å². The van der Waals surface area contributed by atoms with Crippen LogP contribution in [-0.4, -0.2) is 17.4 Å². The quantitative estimate of drug-likeness (QED) is 0.308. The highest BCUT2D eigenvalue weighted by molar-refractivity contribution is 8.26. The van der Waals surface area contributed by atoms with Crippen LogP contribution in [0.15, 0.2) is 4.99 Å². The summed E-state index contributed by atoms with van der Waals surface area (Å²) in [5, 5.41) is 6.99. The maximum atomic E-state index is 6.71. The normalized spacial score (nSPS) is 11.4. The summed E-state index contributed by atoms with van der Waals surface area (Å²) in [6.07, 6.45) is 0. The largest absolute Gasteiger partial charge is 0.378 e. The van der Waals surface area contributed by atoms with E-state index in [-0.39, 0.29) is 5.17 Å². The molecule has 0 amide bonds. The van der Waals surface area contributed by atoms with E-state index >= 15 is 0 Å². The second-order valence-electron chi connectivity index (χ2n) is 1.03. The Hall–Kier alpha value is -0.710. The van der Waals surface area contributed by atoms with Gasteiger partial charge in [0, 0.05) is 7.05 Å². The van der Waals surface area contributed by atoms with E-state index in [1.54, 1.807) is 7.05 Å². The first kappa shape index (κ1) is 7.29. The van der Waals surface area contributed by atoms with Crippen LogP contribution in [0.1, 0.15) is 0 Å². The van der Waals surface area contributed by atoms with Gasteiger partial charge in [0.2, 0.25) is 0 Å². The third kappa shape index (κ3) is 3.48. The topological polar surface area (TPSA) is 88.2 Å². The molecule has 0 heterocycles. The second-order valence-corrected chi connectivity index (χ2v) is 2.09. The Morgan fingerprint density at radius 3 is 2.25 bits per heavy atom. The summed E-state index contributed by atoms with van der Waals surface area (Å²) in [4.78, 5) is 3.57. The fraction of sp³-hybridized carbons (Fsp3) is 0.333. The van der Waals surface area contributed by atoms with Crippen molar-refractivity contribution in [3.63, 3.8) is 0 Å². The first-order valence-corrected chi connectivity index (χ1v) is 2.72. The van der Waals surface area contributed by atoms with E-state index in [9.17, 15) is 0 Å². The molecule has 5 N–H and O–H groups in total. The predicted octanol–water partition coefficient (Wildman–Crippen LogP) is -0.442. The van der Waals surface area contributed by atoms with Gasteiger partial charge in [0.15, 0.2) is 10.3 Å². The smallest absolute Gasteiger partial charge is 0.161 e. The molecular formula is C3H8N4S. The molecule has 0 atom stereocenters. The third-order valence-electron chi connectivity index (χ3n) is 0.435. The van der Waals surface area contributed by atoms with Gasteiger partial charge < -0.3 is 11.5 Å². The number of hydrogen-bond donors (Lipinski definition) is 3. The standard InChI is InChI=1S/C3H8N4S/c1-7-3(6)8-2(4)5/h1H3,(H3,4,5)(H2,6,7). The van der Waals surface area contributed by atoms with Gasteiger partial charge in [-0.05, 0) is 11.8 Å². The highest BCUT2D eigenvalue weighted by atomic mass is 32.2. The molecule has 0 fully saturated rings. The molecule has 0 aromatic carbocycles. The molecule has 0 aliphatic carbocycles. The SMILES string of the molecule is CN=C(N)SC(=N)N. The summed E-state index contributed by atoms with van der Waals surface area (Å²) >= 11 is 0.943. The molecule has 5 heteroatoms. The van der Waals surface area contributed by atoms with Crippen LogP contribution in [0.5, 0.6) is 0 Å². The molecule has 0 saturated carbocycles. The Balaban J connectivity index is 3.56. The van der Waals surface area contributed by atoms with E-state index in [2.05, 4.69) is 4.99 Å². The Labute approximate surface area is 51.9 Å². The van der Waals surface area contributed by atoms with Crippen molar-refractivity contribution >= 4 is 22.1 Å². The molecule has 0 saturated heterocycles. The van der Waals surface area contributed by atoms with Crippen molar-refractivity contribution in [1.82, 2.24) is 0 Å². The fourth-order valence-electron chi connectivity index (χ4n) is 0.158. The Morgan fingerprint density at radius 2 is 2.12 bits per heavy atom. The fourth-order valence-corrected chi connectivity index (χ4v) is 0.475. The van der Waals surface area contributed by atoms with Crippen LogP contribution in [0.4, 0.5) is 0 Å². The summed E-state index contributed by atoms with van der Waals surface area (Å²) in [5.41, 5.74) is 10.1. The molecule has 0 bridgehead atoms. The van der Waals surface area contributed by atoms with E-state index in [1.807, 2.05) is 0 Å². The van der Waals surface area contributed by atoms with Gasteiger partial charge in [-0.2, -0.15) is 0 Å². The lowest BCUT2D eigenvalue weighted by molar-refractivity contribution is 1.44. The molecule has 0 aromatic rings. The maximum Gasteiger partial charge on any atom is 0.161 e. The van der Waals surface area contributed by atoms with Gasteiger partial charge in [0.25, 0.3) is 0 Å². The van der Waals surface area contributed by atoms with E-state index in [4.69, 9.17) is 16.9 Å². The minimum atomic E-state index is -0.0342. The van der Waals surface area contributed by atoms with Crippen molar-refractivity contribution in [3.8, 4) is 0 Å². The van der Waals surface area contributed by atoms with Gasteiger partial charge in [-0.15, -0.1) is 0 Å². The highest BCUT2D eigenvalue weighted by Crippen LogP contribution is 1.94. The van der Waals surface area contributed by atoms with Crippen molar-refractivity contribution in [2.45, 2.75) is 0 Å². The van der Waals surface area contributed by atoms with Crippen LogP contribution in [0.3, 0.4) is 0 Å². The zero-order valence-electron chi connectivity index (χ0n) is 4.51. The van der Waals surface area contributed by atoms with Crippen molar-refractivity contribution < 1.29 is 0 Å². The molecule has 8 heavy (non-hydrogen) atoms. The summed E-state index contributed by atoms with van der Waals surface area (Å²) < 4.78 is 0. The number of amidine groups is 2. The van der Waals surface area contributed by atoms with Gasteiger partial charge in [-0.3, -0.25) is 10.4 Å². The number of hydrogen-bond acceptors (Lipinski definition) is 3. The number of nitrogens with zero attached hydrogens (tertiary/aromatic N) is 1. The minimum Gasteiger partial charge on any atom is -0.378 e. The summed E-state index contributed by atoms with van der Waals surface area (Å²) in [6.45, 7) is 0. The Morgan fingerprint density at radius 1 is 1.62 bits per heavy atom. The molecule has 46 valence electrons. The van der Waals surface area contributed by atoms with Crippen LogP contribution >= 0.6 is 11.8 Å². The summed E-state index contributed by atoms with van der Waals surface area (Å²) in [7, 11) is 1.55. The van der Waals surface area contributed by atoms with Crippen LogP contribution < -0.4 is 11.5 Å². The Bertz CT molecular complexity index is 118. The number of rotatable bonds is 0. The monoisotopic (exact) mass is 132 g/mol. The number of nitrogens with two attached hydrogens (primary N) is 2. The Kier molecular flexibility index (Phi) is 3.02. The maximum absolute atomic E-state index is 6.71. The summed E-state index contributed by atoms with van der Waals surface area (Å²) in [6, 6.07) is 0. The molecule has 0 rings (SSSR count). The first-order chi connectivity index (χ1) is 3.66. The molecule has 4 nitrogen and oxygen atoms in total. The van der Waals surface area contributed by atoms with E-state index < -0.39 is 0 Å². The van der Waals surface area contributed by atoms with Gasteiger partial charge in [0.1, 0.15) is 0 Å². The molecular weight excluding hydrogens is 124 g/mol. The molecule has 0 aliphatic heterocycles. The van der Waals surface area contributed by atoms with Crippen molar-refractivity contribution in [2.75, 3.05) is 7.05 Å². The van der Waals surface area contributed by atoms with Crippen LogP contribution in [-0.2, 0) is 0 Å². The van der Waals surface area contributed by atoms with E-state index in [0.29, 0.717) is 5.17 Å². The van der Waals surface area contributed by atoms with Crippen molar-refractivity contribution in [2.24, 2.45) is 16.5 Å². The van der Waals surface area contributed by atoms with Gasteiger partial charge >= 0.3 is 0 Å². The number of aliphatic imine (C=N–C) groups is 1. The molecule has 0 aliphatic rings. The third-order valence-corrected chi connectivity index (χ3v) is 1.05. The first-order valence-electron chi connectivity index (χ1n) is 1.91. The lowest BCUT2D eigenvalue weighted by Gasteiger charge is -1.92. The highest BCUT2D eigenvalue weighted by Gasteiger charge is 1.91.